The van der Waals surface area contributed by atoms with Crippen molar-refractivity contribution in [2.24, 2.45) is 0 Å². The molecule has 0 radical (unpaired) electrons. The van der Waals surface area contributed by atoms with E-state index in [2.05, 4.69) is 79.4 Å². The van der Waals surface area contributed by atoms with Crippen molar-refractivity contribution in [2.75, 3.05) is 33.4 Å². The molecule has 2 aliphatic heterocycles. The summed E-state index contributed by atoms with van der Waals surface area (Å²) in [4.78, 5) is 2.48. The van der Waals surface area contributed by atoms with Crippen LogP contribution in [0.3, 0.4) is 0 Å². The molecule has 0 aliphatic carbocycles. The molecule has 0 amide bonds. The van der Waals surface area contributed by atoms with Gasteiger partial charge in [0.25, 0.3) is 0 Å². The van der Waals surface area contributed by atoms with E-state index in [0.29, 0.717) is 0 Å². The minimum Gasteiger partial charge on any atom is -0.497 e. The van der Waals surface area contributed by atoms with E-state index in [9.17, 15) is 0 Å². The zero-order valence-corrected chi connectivity index (χ0v) is 23.0. The van der Waals surface area contributed by atoms with Crippen molar-refractivity contribution in [3.63, 3.8) is 0 Å². The molecule has 4 nitrogen and oxygen atoms in total. The molecule has 0 bridgehead atoms. The Labute approximate surface area is 227 Å². The Hall–Kier alpha value is -2.95. The molecule has 5 rings (SSSR count). The van der Waals surface area contributed by atoms with Gasteiger partial charge in [-0.2, -0.15) is 0 Å². The van der Waals surface area contributed by atoms with Crippen LogP contribution in [0.15, 0.2) is 72.8 Å². The maximum absolute atomic E-state index is 6.84. The predicted octanol–water partition coefficient (Wildman–Crippen LogP) is 7.50. The van der Waals surface area contributed by atoms with Crippen molar-refractivity contribution in [3.8, 4) is 17.2 Å². The van der Waals surface area contributed by atoms with Crippen LogP contribution in [0, 0.1) is 0 Å². The zero-order valence-electron chi connectivity index (χ0n) is 22.2. The van der Waals surface area contributed by atoms with Crippen molar-refractivity contribution < 1.29 is 14.2 Å². The summed E-state index contributed by atoms with van der Waals surface area (Å²) in [5, 5.41) is 0. The van der Waals surface area contributed by atoms with Gasteiger partial charge in [0.1, 0.15) is 29.5 Å². The van der Waals surface area contributed by atoms with E-state index in [4.69, 9.17) is 14.2 Å². The third-order valence-electron chi connectivity index (χ3n) is 7.69. The topological polar surface area (TPSA) is 30.9 Å². The SMILES string of the molecule is CCC1(CC)Oc2cc(OC)ccc2C(c2ccc(OCCN3CCCC3)cc2)=C1c1ccccc1.Cl. The summed E-state index contributed by atoms with van der Waals surface area (Å²) in [6.07, 6.45) is 4.35. The molecule has 0 spiro atoms. The molecule has 0 atom stereocenters. The van der Waals surface area contributed by atoms with Gasteiger partial charge < -0.3 is 14.2 Å². The average Bonchev–Trinajstić information content (AvgIpc) is 3.46. The van der Waals surface area contributed by atoms with Gasteiger partial charge in [-0.25, -0.2) is 0 Å². The highest BCUT2D eigenvalue weighted by Crippen LogP contribution is 2.51. The van der Waals surface area contributed by atoms with Crippen molar-refractivity contribution in [2.45, 2.75) is 45.1 Å². The summed E-state index contributed by atoms with van der Waals surface area (Å²) in [6, 6.07) is 25.4. The van der Waals surface area contributed by atoms with E-state index >= 15 is 0 Å². The fourth-order valence-corrected chi connectivity index (χ4v) is 5.62. The van der Waals surface area contributed by atoms with Gasteiger partial charge in [-0.3, -0.25) is 4.90 Å². The normalized spacial score (nSPS) is 16.5. The first-order valence-corrected chi connectivity index (χ1v) is 13.3. The second kappa shape index (κ2) is 12.1. The summed E-state index contributed by atoms with van der Waals surface area (Å²) in [5.74, 6) is 2.59. The first-order chi connectivity index (χ1) is 17.7. The smallest absolute Gasteiger partial charge is 0.135 e. The highest BCUT2D eigenvalue weighted by Gasteiger charge is 2.41. The lowest BCUT2D eigenvalue weighted by Gasteiger charge is -2.42. The van der Waals surface area contributed by atoms with Crippen LogP contribution in [0.5, 0.6) is 17.2 Å². The lowest BCUT2D eigenvalue weighted by atomic mass is 9.75. The summed E-state index contributed by atoms with van der Waals surface area (Å²) in [5.41, 5.74) is 5.49. The number of methoxy groups -OCH3 is 1. The maximum atomic E-state index is 6.84. The number of rotatable bonds is 9. The Bertz CT molecular complexity index is 1200. The number of hydrogen-bond acceptors (Lipinski definition) is 4. The van der Waals surface area contributed by atoms with Crippen LogP contribution in [0.1, 0.15) is 56.2 Å². The number of nitrogens with zero attached hydrogens (tertiary/aromatic N) is 1. The van der Waals surface area contributed by atoms with E-state index in [0.717, 1.165) is 48.8 Å². The molecule has 196 valence electrons. The summed E-state index contributed by atoms with van der Waals surface area (Å²) in [7, 11) is 1.70. The summed E-state index contributed by atoms with van der Waals surface area (Å²) in [6.45, 7) is 8.54. The van der Waals surface area contributed by atoms with Crippen molar-refractivity contribution in [3.05, 3.63) is 89.5 Å². The van der Waals surface area contributed by atoms with Gasteiger partial charge >= 0.3 is 0 Å². The molecular formula is C32H38ClNO3. The molecule has 1 fully saturated rings. The van der Waals surface area contributed by atoms with Crippen LogP contribution in [0.25, 0.3) is 11.1 Å². The van der Waals surface area contributed by atoms with Gasteiger partial charge in [0.15, 0.2) is 0 Å². The minimum atomic E-state index is -0.430. The molecule has 0 aromatic heterocycles. The largest absolute Gasteiger partial charge is 0.497 e. The number of likely N-dealkylation sites (tertiary alicyclic amines) is 1. The molecule has 37 heavy (non-hydrogen) atoms. The highest BCUT2D eigenvalue weighted by atomic mass is 35.5. The second-order valence-corrected chi connectivity index (χ2v) is 9.70. The second-order valence-electron chi connectivity index (χ2n) is 9.70. The third-order valence-corrected chi connectivity index (χ3v) is 7.69. The highest BCUT2D eigenvalue weighted by molar-refractivity contribution is 6.04. The third kappa shape index (κ3) is 5.51. The lowest BCUT2D eigenvalue weighted by molar-refractivity contribution is 0.118. The zero-order chi connectivity index (χ0) is 25.0. The maximum Gasteiger partial charge on any atom is 0.135 e. The molecule has 2 heterocycles. The quantitative estimate of drug-likeness (QED) is 0.293. The van der Waals surface area contributed by atoms with Crippen LogP contribution in [-0.2, 0) is 0 Å². The Balaban J connectivity index is 0.00000320. The van der Waals surface area contributed by atoms with Gasteiger partial charge in [-0.15, -0.1) is 12.4 Å². The van der Waals surface area contributed by atoms with Gasteiger partial charge in [0.2, 0.25) is 0 Å². The van der Waals surface area contributed by atoms with Crippen molar-refractivity contribution >= 4 is 23.6 Å². The lowest BCUT2D eigenvalue weighted by Crippen LogP contribution is -2.39. The number of benzene rings is 3. The Morgan fingerprint density at radius 1 is 0.838 bits per heavy atom. The molecule has 5 heteroatoms. The van der Waals surface area contributed by atoms with Gasteiger partial charge in [-0.1, -0.05) is 56.3 Å². The number of halogens is 1. The van der Waals surface area contributed by atoms with E-state index in [-0.39, 0.29) is 12.4 Å². The predicted molar refractivity (Wildman–Crippen MR) is 154 cm³/mol. The number of hydrogen-bond donors (Lipinski definition) is 0. The molecule has 0 saturated carbocycles. The van der Waals surface area contributed by atoms with Gasteiger partial charge in [0, 0.05) is 29.3 Å². The monoisotopic (exact) mass is 519 g/mol. The van der Waals surface area contributed by atoms with Crippen LogP contribution < -0.4 is 14.2 Å². The van der Waals surface area contributed by atoms with Crippen molar-refractivity contribution in [1.82, 2.24) is 4.90 Å². The van der Waals surface area contributed by atoms with E-state index in [1.807, 2.05) is 12.1 Å². The molecular weight excluding hydrogens is 482 g/mol. The summed E-state index contributed by atoms with van der Waals surface area (Å²) >= 11 is 0. The van der Waals surface area contributed by atoms with Gasteiger partial charge in [-0.05, 0) is 74.2 Å². The molecule has 0 unspecified atom stereocenters. The van der Waals surface area contributed by atoms with E-state index < -0.39 is 5.60 Å². The summed E-state index contributed by atoms with van der Waals surface area (Å²) < 4.78 is 18.5. The molecule has 3 aromatic carbocycles. The molecule has 0 N–H and O–H groups in total. The number of ether oxygens (including phenoxy) is 3. The fourth-order valence-electron chi connectivity index (χ4n) is 5.62. The fraction of sp³-hybridized carbons (Fsp3) is 0.375. The minimum absolute atomic E-state index is 0. The average molecular weight is 520 g/mol. The van der Waals surface area contributed by atoms with E-state index in [1.54, 1.807) is 7.11 Å². The van der Waals surface area contributed by atoms with Crippen LogP contribution in [0.4, 0.5) is 0 Å². The van der Waals surface area contributed by atoms with Crippen LogP contribution in [-0.4, -0.2) is 43.9 Å². The molecule has 1 saturated heterocycles. The standard InChI is InChI=1S/C32H37NO3.ClH/c1-4-32(5-2)31(25-11-7-6-8-12-25)30(28-18-17-27(34-3)23-29(28)36-32)24-13-15-26(16-14-24)35-22-21-33-19-9-10-20-33;/h6-8,11-18,23H,4-5,9-10,19-22H2,1-3H3;1H. The first kappa shape index (κ1) is 27.1. The van der Waals surface area contributed by atoms with E-state index in [1.165, 1.54) is 48.2 Å². The molecule has 3 aromatic rings. The Kier molecular flexibility index (Phi) is 8.83. The number of fused-ring (bicyclic) bond motifs is 1. The molecule has 2 aliphatic rings. The first-order valence-electron chi connectivity index (χ1n) is 13.3. The Morgan fingerprint density at radius 3 is 2.16 bits per heavy atom. The Morgan fingerprint density at radius 2 is 1.51 bits per heavy atom. The van der Waals surface area contributed by atoms with Crippen molar-refractivity contribution in [1.29, 1.82) is 0 Å². The van der Waals surface area contributed by atoms with Crippen LogP contribution >= 0.6 is 12.4 Å². The van der Waals surface area contributed by atoms with Gasteiger partial charge in [0.05, 0.1) is 7.11 Å². The van der Waals surface area contributed by atoms with Crippen LogP contribution in [0.2, 0.25) is 0 Å².